The molecule has 0 aliphatic heterocycles. The Hall–Kier alpha value is -1.96. The van der Waals surface area contributed by atoms with E-state index in [1.54, 1.807) is 9.58 Å². The Kier molecular flexibility index (Phi) is 4.78. The minimum Gasteiger partial charge on any atom is -0.396 e. The number of hydrogen-bond donors (Lipinski definition) is 1. The number of nitrogens with two attached hydrogens (primary N) is 1. The van der Waals surface area contributed by atoms with Gasteiger partial charge in [0.25, 0.3) is 0 Å². The Morgan fingerprint density at radius 2 is 2.22 bits per heavy atom. The number of terminal acetylenes is 1. The molecule has 0 saturated carbocycles. The number of anilines is 1. The van der Waals surface area contributed by atoms with E-state index in [1.807, 2.05) is 20.8 Å². The first kappa shape index (κ1) is 14.1. The Labute approximate surface area is 108 Å². The highest BCUT2D eigenvalue weighted by Gasteiger charge is 2.15. The highest BCUT2D eigenvalue weighted by molar-refractivity contribution is 5.76. The van der Waals surface area contributed by atoms with Crippen LogP contribution < -0.4 is 5.73 Å². The van der Waals surface area contributed by atoms with Gasteiger partial charge >= 0.3 is 0 Å². The van der Waals surface area contributed by atoms with Crippen molar-refractivity contribution in [1.29, 1.82) is 0 Å². The van der Waals surface area contributed by atoms with E-state index in [-0.39, 0.29) is 12.5 Å². The molecule has 1 aromatic rings. The van der Waals surface area contributed by atoms with Gasteiger partial charge in [0, 0.05) is 6.54 Å². The second-order valence-electron chi connectivity index (χ2n) is 4.26. The average molecular weight is 248 g/mol. The first-order valence-corrected chi connectivity index (χ1v) is 6.02. The van der Waals surface area contributed by atoms with Gasteiger partial charge in [-0.15, -0.1) is 6.42 Å². The Balaban J connectivity index is 2.79. The number of amides is 1. The number of nitrogen functional groups attached to an aromatic ring is 1. The minimum atomic E-state index is -0.0274. The summed E-state index contributed by atoms with van der Waals surface area (Å²) in [5.74, 6) is 2.47. The van der Waals surface area contributed by atoms with Crippen LogP contribution in [-0.2, 0) is 11.3 Å². The van der Waals surface area contributed by atoms with Gasteiger partial charge in [0.2, 0.25) is 5.91 Å². The molecule has 0 radical (unpaired) electrons. The molecule has 98 valence electrons. The standard InChI is InChI=1S/C13H20N4O/c1-5-7-16(8-6-2)12(18)9-17-11(4)13(14)10(3)15-17/h1H,6-9,14H2,2-4H3. The molecule has 0 fully saturated rings. The van der Waals surface area contributed by atoms with Crippen molar-refractivity contribution in [3.05, 3.63) is 11.4 Å². The van der Waals surface area contributed by atoms with Crippen molar-refractivity contribution in [2.45, 2.75) is 33.7 Å². The number of carbonyl (C=O) groups excluding carboxylic acids is 1. The Morgan fingerprint density at radius 1 is 1.56 bits per heavy atom. The maximum Gasteiger partial charge on any atom is 0.245 e. The largest absolute Gasteiger partial charge is 0.396 e. The lowest BCUT2D eigenvalue weighted by molar-refractivity contribution is -0.131. The van der Waals surface area contributed by atoms with Crippen LogP contribution in [0, 0.1) is 26.2 Å². The van der Waals surface area contributed by atoms with Gasteiger partial charge in [-0.2, -0.15) is 5.10 Å². The maximum absolute atomic E-state index is 12.1. The van der Waals surface area contributed by atoms with Crippen molar-refractivity contribution in [3.8, 4) is 12.3 Å². The normalized spacial score (nSPS) is 10.1. The molecule has 0 atom stereocenters. The van der Waals surface area contributed by atoms with Gasteiger partial charge in [-0.3, -0.25) is 9.48 Å². The second-order valence-corrected chi connectivity index (χ2v) is 4.26. The van der Waals surface area contributed by atoms with Crippen LogP contribution >= 0.6 is 0 Å². The van der Waals surface area contributed by atoms with Crippen molar-refractivity contribution in [2.75, 3.05) is 18.8 Å². The smallest absolute Gasteiger partial charge is 0.245 e. The van der Waals surface area contributed by atoms with Crippen molar-refractivity contribution in [3.63, 3.8) is 0 Å². The van der Waals surface area contributed by atoms with E-state index in [9.17, 15) is 4.79 Å². The Bertz CT molecular complexity index is 470. The summed E-state index contributed by atoms with van der Waals surface area (Å²) in [5.41, 5.74) is 8.04. The monoisotopic (exact) mass is 248 g/mol. The van der Waals surface area contributed by atoms with Crippen molar-refractivity contribution in [1.82, 2.24) is 14.7 Å². The first-order valence-electron chi connectivity index (χ1n) is 6.02. The van der Waals surface area contributed by atoms with Gasteiger partial charge in [-0.1, -0.05) is 12.8 Å². The lowest BCUT2D eigenvalue weighted by Crippen LogP contribution is -2.35. The fourth-order valence-electron chi connectivity index (χ4n) is 1.76. The fourth-order valence-corrected chi connectivity index (χ4v) is 1.76. The molecule has 5 nitrogen and oxygen atoms in total. The topological polar surface area (TPSA) is 64.2 Å². The minimum absolute atomic E-state index is 0.0274. The summed E-state index contributed by atoms with van der Waals surface area (Å²) in [6.07, 6.45) is 6.14. The quantitative estimate of drug-likeness (QED) is 0.789. The Morgan fingerprint density at radius 3 is 2.67 bits per heavy atom. The zero-order chi connectivity index (χ0) is 13.7. The van der Waals surface area contributed by atoms with Gasteiger partial charge in [0.15, 0.2) is 0 Å². The summed E-state index contributed by atoms with van der Waals surface area (Å²) in [6.45, 7) is 6.88. The number of aryl methyl sites for hydroxylation is 1. The maximum atomic E-state index is 12.1. The van der Waals surface area contributed by atoms with Crippen LogP contribution in [0.25, 0.3) is 0 Å². The van der Waals surface area contributed by atoms with Gasteiger partial charge in [-0.05, 0) is 20.3 Å². The number of carbonyl (C=O) groups is 1. The van der Waals surface area contributed by atoms with E-state index < -0.39 is 0 Å². The molecule has 2 N–H and O–H groups in total. The number of rotatable bonds is 5. The molecule has 5 heteroatoms. The second kappa shape index (κ2) is 6.10. The zero-order valence-electron chi connectivity index (χ0n) is 11.2. The highest BCUT2D eigenvalue weighted by Crippen LogP contribution is 2.14. The van der Waals surface area contributed by atoms with E-state index in [4.69, 9.17) is 12.2 Å². The molecule has 0 spiro atoms. The average Bonchev–Trinajstić information content (AvgIpc) is 2.57. The van der Waals surface area contributed by atoms with Crippen LogP contribution in [0.1, 0.15) is 24.7 Å². The molecule has 0 aliphatic carbocycles. The highest BCUT2D eigenvalue weighted by atomic mass is 16.2. The van der Waals surface area contributed by atoms with Crippen LogP contribution in [0.3, 0.4) is 0 Å². The molecule has 18 heavy (non-hydrogen) atoms. The van der Waals surface area contributed by atoms with Gasteiger partial charge in [0.1, 0.15) is 6.54 Å². The van der Waals surface area contributed by atoms with Crippen molar-refractivity contribution < 1.29 is 4.79 Å². The first-order chi connectivity index (χ1) is 8.51. The number of hydrogen-bond acceptors (Lipinski definition) is 3. The van der Waals surface area contributed by atoms with E-state index in [0.717, 1.165) is 17.8 Å². The molecular formula is C13H20N4O. The van der Waals surface area contributed by atoms with Crippen LogP contribution in [0.15, 0.2) is 0 Å². The molecule has 0 saturated heterocycles. The number of aromatic nitrogens is 2. The third-order valence-electron chi connectivity index (χ3n) is 2.85. The molecule has 0 unspecified atom stereocenters. The molecule has 1 heterocycles. The van der Waals surface area contributed by atoms with Crippen LogP contribution in [0.4, 0.5) is 5.69 Å². The van der Waals surface area contributed by atoms with Crippen molar-refractivity contribution >= 4 is 11.6 Å². The fraction of sp³-hybridized carbons (Fsp3) is 0.538. The van der Waals surface area contributed by atoms with Gasteiger partial charge < -0.3 is 10.6 Å². The van der Waals surface area contributed by atoms with Gasteiger partial charge in [0.05, 0.1) is 23.6 Å². The summed E-state index contributed by atoms with van der Waals surface area (Å²) >= 11 is 0. The summed E-state index contributed by atoms with van der Waals surface area (Å²) in [4.78, 5) is 13.8. The summed E-state index contributed by atoms with van der Waals surface area (Å²) in [6, 6.07) is 0. The lowest BCUT2D eigenvalue weighted by atomic mass is 10.3. The SMILES string of the molecule is C#CCN(CCC)C(=O)Cn1nc(C)c(N)c1C. The third-order valence-corrected chi connectivity index (χ3v) is 2.85. The van der Waals surface area contributed by atoms with E-state index in [0.29, 0.717) is 18.8 Å². The molecule has 1 aromatic heterocycles. The predicted molar refractivity (Wildman–Crippen MR) is 71.8 cm³/mol. The summed E-state index contributed by atoms with van der Waals surface area (Å²) in [7, 11) is 0. The summed E-state index contributed by atoms with van der Waals surface area (Å²) < 4.78 is 1.63. The van der Waals surface area contributed by atoms with Crippen molar-refractivity contribution in [2.24, 2.45) is 0 Å². The zero-order valence-corrected chi connectivity index (χ0v) is 11.2. The molecule has 1 amide bonds. The molecule has 0 bridgehead atoms. The van der Waals surface area contributed by atoms with Gasteiger partial charge in [-0.25, -0.2) is 0 Å². The summed E-state index contributed by atoms with van der Waals surface area (Å²) in [5, 5.41) is 4.24. The van der Waals surface area contributed by atoms with Crippen LogP contribution in [0.2, 0.25) is 0 Å². The third kappa shape index (κ3) is 3.04. The van der Waals surface area contributed by atoms with E-state index >= 15 is 0 Å². The molecule has 0 aromatic carbocycles. The number of nitrogens with zero attached hydrogens (tertiary/aromatic N) is 3. The van der Waals surface area contributed by atoms with E-state index in [2.05, 4.69) is 11.0 Å². The van der Waals surface area contributed by atoms with Crippen LogP contribution in [-0.4, -0.2) is 33.7 Å². The predicted octanol–water partition coefficient (Wildman–Crippen LogP) is 0.954. The lowest BCUT2D eigenvalue weighted by Gasteiger charge is -2.19. The molecular weight excluding hydrogens is 228 g/mol. The van der Waals surface area contributed by atoms with E-state index in [1.165, 1.54) is 0 Å². The molecule has 1 rings (SSSR count). The van der Waals surface area contributed by atoms with Crippen LogP contribution in [0.5, 0.6) is 0 Å². The molecule has 0 aliphatic rings.